The summed E-state index contributed by atoms with van der Waals surface area (Å²) in [7, 11) is 0. The number of hydrogen-bond donors (Lipinski definition) is 1. The molecule has 0 radical (unpaired) electrons. The lowest BCUT2D eigenvalue weighted by atomic mass is 10.0. The van der Waals surface area contributed by atoms with Gasteiger partial charge in [0.15, 0.2) is 0 Å². The summed E-state index contributed by atoms with van der Waals surface area (Å²) in [5, 5.41) is 10.9. The first-order valence-electron chi connectivity index (χ1n) is 4.87. The van der Waals surface area contributed by atoms with E-state index in [9.17, 15) is 5.11 Å². The summed E-state index contributed by atoms with van der Waals surface area (Å²) >= 11 is 12.0. The van der Waals surface area contributed by atoms with Crippen LogP contribution < -0.4 is 0 Å². The first-order chi connectivity index (χ1) is 7.15. The fraction of sp³-hybridized carbons (Fsp3) is 0.333. The summed E-state index contributed by atoms with van der Waals surface area (Å²) in [4.78, 5) is 0. The molecular weight excluding hydrogens is 231 g/mol. The molecule has 1 atom stereocenters. The van der Waals surface area contributed by atoms with Gasteiger partial charge in [-0.25, -0.2) is 0 Å². The highest BCUT2D eigenvalue weighted by Crippen LogP contribution is 2.26. The number of benzene rings is 1. The van der Waals surface area contributed by atoms with Crippen molar-refractivity contribution >= 4 is 23.2 Å². The second-order valence-corrected chi connectivity index (χ2v) is 4.24. The molecule has 1 aromatic rings. The largest absolute Gasteiger partial charge is 0.393 e. The number of aliphatic hydroxyl groups is 1. The van der Waals surface area contributed by atoms with Gasteiger partial charge in [0.25, 0.3) is 0 Å². The second kappa shape index (κ2) is 6.16. The molecule has 1 N–H and O–H groups in total. The van der Waals surface area contributed by atoms with Crippen LogP contribution in [0.3, 0.4) is 0 Å². The normalized spacial score (nSPS) is 12.5. The predicted molar refractivity (Wildman–Crippen MR) is 65.6 cm³/mol. The Hall–Kier alpha value is -0.500. The van der Waals surface area contributed by atoms with Crippen molar-refractivity contribution in [2.45, 2.75) is 25.4 Å². The average Bonchev–Trinajstić information content (AvgIpc) is 2.21. The molecule has 0 aliphatic heterocycles. The van der Waals surface area contributed by atoms with E-state index in [4.69, 9.17) is 23.2 Å². The number of hydrogen-bond acceptors (Lipinski definition) is 1. The van der Waals surface area contributed by atoms with Crippen LogP contribution in [0, 0.1) is 0 Å². The summed E-state index contributed by atoms with van der Waals surface area (Å²) in [6.45, 7) is 3.61. The van der Waals surface area contributed by atoms with Crippen molar-refractivity contribution in [3.8, 4) is 0 Å². The standard InChI is InChI=1S/C12H14Cl2O/c1-2-3-5-9(15)8-10-11(13)6-4-7-12(10)14/h2,4,6-7,9,15H,1,3,5,8H2. The molecule has 0 bridgehead atoms. The van der Waals surface area contributed by atoms with E-state index >= 15 is 0 Å². The van der Waals surface area contributed by atoms with Gasteiger partial charge in [-0.2, -0.15) is 0 Å². The van der Waals surface area contributed by atoms with Crippen LogP contribution in [0.5, 0.6) is 0 Å². The van der Waals surface area contributed by atoms with E-state index in [1.165, 1.54) is 0 Å². The minimum Gasteiger partial charge on any atom is -0.393 e. The van der Waals surface area contributed by atoms with Crippen LogP contribution in [0.25, 0.3) is 0 Å². The third-order valence-corrected chi connectivity index (χ3v) is 2.91. The fourth-order valence-electron chi connectivity index (χ4n) is 1.38. The maximum Gasteiger partial charge on any atom is 0.0584 e. The molecule has 82 valence electrons. The lowest BCUT2D eigenvalue weighted by molar-refractivity contribution is 0.166. The van der Waals surface area contributed by atoms with Gasteiger partial charge in [-0.05, 0) is 30.5 Å². The Kier molecular flexibility index (Phi) is 5.16. The Morgan fingerprint density at radius 2 is 1.93 bits per heavy atom. The molecule has 1 nitrogen and oxygen atoms in total. The van der Waals surface area contributed by atoms with Gasteiger partial charge in [0.2, 0.25) is 0 Å². The molecule has 3 heteroatoms. The SMILES string of the molecule is C=CCCC(O)Cc1c(Cl)cccc1Cl. The lowest BCUT2D eigenvalue weighted by Gasteiger charge is -2.11. The Morgan fingerprint density at radius 1 is 1.33 bits per heavy atom. The molecular formula is C12H14Cl2O. The summed E-state index contributed by atoms with van der Waals surface area (Å²) in [6, 6.07) is 5.36. The van der Waals surface area contributed by atoms with Crippen LogP contribution in [-0.4, -0.2) is 11.2 Å². The van der Waals surface area contributed by atoms with Crippen LogP contribution in [0.1, 0.15) is 18.4 Å². The molecule has 1 rings (SSSR count). The monoisotopic (exact) mass is 244 g/mol. The van der Waals surface area contributed by atoms with Gasteiger partial charge in [0.05, 0.1) is 6.10 Å². The van der Waals surface area contributed by atoms with E-state index in [0.717, 1.165) is 12.0 Å². The van der Waals surface area contributed by atoms with Gasteiger partial charge < -0.3 is 5.11 Å². The first kappa shape index (κ1) is 12.6. The Labute approximate surface area is 100 Å². The molecule has 15 heavy (non-hydrogen) atoms. The van der Waals surface area contributed by atoms with Gasteiger partial charge in [0.1, 0.15) is 0 Å². The minimum atomic E-state index is -0.416. The van der Waals surface area contributed by atoms with Crippen LogP contribution in [0.2, 0.25) is 10.0 Å². The molecule has 0 heterocycles. The zero-order valence-electron chi connectivity index (χ0n) is 8.42. The van der Waals surface area contributed by atoms with E-state index in [-0.39, 0.29) is 0 Å². The van der Waals surface area contributed by atoms with Crippen molar-refractivity contribution in [2.75, 3.05) is 0 Å². The van der Waals surface area contributed by atoms with Crippen molar-refractivity contribution in [3.63, 3.8) is 0 Å². The summed E-state index contributed by atoms with van der Waals surface area (Å²) in [5.41, 5.74) is 0.817. The summed E-state index contributed by atoms with van der Waals surface area (Å²) < 4.78 is 0. The van der Waals surface area contributed by atoms with Gasteiger partial charge >= 0.3 is 0 Å². The van der Waals surface area contributed by atoms with Gasteiger partial charge in [-0.3, -0.25) is 0 Å². The third kappa shape index (κ3) is 3.86. The topological polar surface area (TPSA) is 20.2 Å². The van der Waals surface area contributed by atoms with E-state index in [1.54, 1.807) is 24.3 Å². The fourth-order valence-corrected chi connectivity index (χ4v) is 1.93. The highest BCUT2D eigenvalue weighted by Gasteiger charge is 2.10. The molecule has 0 amide bonds. The van der Waals surface area contributed by atoms with Crippen molar-refractivity contribution < 1.29 is 5.11 Å². The van der Waals surface area contributed by atoms with Crippen LogP contribution in [0.4, 0.5) is 0 Å². The molecule has 0 spiro atoms. The van der Waals surface area contributed by atoms with E-state index in [1.807, 2.05) is 0 Å². The number of aliphatic hydroxyl groups excluding tert-OH is 1. The van der Waals surface area contributed by atoms with Crippen molar-refractivity contribution in [2.24, 2.45) is 0 Å². The Bertz CT molecular complexity index is 316. The minimum absolute atomic E-state index is 0.416. The van der Waals surface area contributed by atoms with Gasteiger partial charge in [0, 0.05) is 16.5 Å². The molecule has 1 unspecified atom stereocenters. The molecule has 0 fully saturated rings. The Morgan fingerprint density at radius 3 is 2.47 bits per heavy atom. The Balaban J connectivity index is 2.67. The lowest BCUT2D eigenvalue weighted by Crippen LogP contribution is -2.10. The van der Waals surface area contributed by atoms with Crippen LogP contribution in [0.15, 0.2) is 30.9 Å². The van der Waals surface area contributed by atoms with Gasteiger partial charge in [-0.1, -0.05) is 35.3 Å². The van der Waals surface area contributed by atoms with E-state index in [2.05, 4.69) is 6.58 Å². The van der Waals surface area contributed by atoms with Crippen molar-refractivity contribution in [3.05, 3.63) is 46.5 Å². The number of halogens is 2. The number of allylic oxidation sites excluding steroid dienone is 1. The summed E-state index contributed by atoms with van der Waals surface area (Å²) in [6.07, 6.45) is 3.35. The zero-order valence-corrected chi connectivity index (χ0v) is 9.93. The maximum atomic E-state index is 9.72. The van der Waals surface area contributed by atoms with Crippen LogP contribution in [-0.2, 0) is 6.42 Å². The van der Waals surface area contributed by atoms with Gasteiger partial charge in [-0.15, -0.1) is 6.58 Å². The highest BCUT2D eigenvalue weighted by molar-refractivity contribution is 6.35. The van der Waals surface area contributed by atoms with E-state index in [0.29, 0.717) is 22.9 Å². The maximum absolute atomic E-state index is 9.72. The average molecular weight is 245 g/mol. The first-order valence-corrected chi connectivity index (χ1v) is 5.62. The molecule has 0 aliphatic carbocycles. The molecule has 0 aliphatic rings. The zero-order chi connectivity index (χ0) is 11.3. The molecule has 0 aromatic heterocycles. The van der Waals surface area contributed by atoms with Crippen molar-refractivity contribution in [1.82, 2.24) is 0 Å². The second-order valence-electron chi connectivity index (χ2n) is 3.42. The molecule has 1 aromatic carbocycles. The molecule has 0 saturated heterocycles. The third-order valence-electron chi connectivity index (χ3n) is 2.21. The van der Waals surface area contributed by atoms with Crippen LogP contribution >= 0.6 is 23.2 Å². The number of rotatable bonds is 5. The molecule has 0 saturated carbocycles. The van der Waals surface area contributed by atoms with E-state index < -0.39 is 6.10 Å². The highest BCUT2D eigenvalue weighted by atomic mass is 35.5. The summed E-state index contributed by atoms with van der Waals surface area (Å²) in [5.74, 6) is 0. The predicted octanol–water partition coefficient (Wildman–Crippen LogP) is 3.86. The quantitative estimate of drug-likeness (QED) is 0.781. The van der Waals surface area contributed by atoms with Crippen molar-refractivity contribution in [1.29, 1.82) is 0 Å². The smallest absolute Gasteiger partial charge is 0.0584 e.